The monoisotopic (exact) mass is 376 g/mol. The molecular formula is C23H20O5. The maximum atomic E-state index is 12.7. The minimum absolute atomic E-state index is 0.109. The van der Waals surface area contributed by atoms with Gasteiger partial charge in [0, 0.05) is 10.9 Å². The largest absolute Gasteiger partial charge is 0.493 e. The first-order chi connectivity index (χ1) is 13.6. The minimum Gasteiger partial charge on any atom is -0.493 e. The van der Waals surface area contributed by atoms with Crippen molar-refractivity contribution in [3.8, 4) is 28.4 Å². The number of carbonyl (C=O) groups is 1. The predicted molar refractivity (Wildman–Crippen MR) is 108 cm³/mol. The number of rotatable bonds is 5. The van der Waals surface area contributed by atoms with Crippen molar-refractivity contribution in [3.05, 3.63) is 59.4 Å². The molecule has 142 valence electrons. The van der Waals surface area contributed by atoms with Gasteiger partial charge in [0.25, 0.3) is 0 Å². The highest BCUT2D eigenvalue weighted by atomic mass is 16.5. The molecule has 28 heavy (non-hydrogen) atoms. The first kappa shape index (κ1) is 17.9. The maximum Gasteiger partial charge on any atom is 0.228 e. The van der Waals surface area contributed by atoms with Gasteiger partial charge in [-0.1, -0.05) is 30.3 Å². The quantitative estimate of drug-likeness (QED) is 0.645. The zero-order valence-corrected chi connectivity index (χ0v) is 16.2. The van der Waals surface area contributed by atoms with E-state index in [0.717, 1.165) is 27.5 Å². The van der Waals surface area contributed by atoms with E-state index in [-0.39, 0.29) is 5.78 Å². The molecule has 1 aliphatic carbocycles. The summed E-state index contributed by atoms with van der Waals surface area (Å²) in [4.78, 5) is 12.7. The van der Waals surface area contributed by atoms with Crippen molar-refractivity contribution in [2.75, 3.05) is 28.4 Å². The molecule has 3 aromatic carbocycles. The third kappa shape index (κ3) is 2.59. The Morgan fingerprint density at radius 2 is 1.46 bits per heavy atom. The van der Waals surface area contributed by atoms with Crippen molar-refractivity contribution in [2.45, 2.75) is 0 Å². The minimum atomic E-state index is -0.109. The Balaban J connectivity index is 2.05. The maximum absolute atomic E-state index is 12.7. The molecule has 0 aliphatic heterocycles. The Bertz CT molecular complexity index is 1100. The number of carbonyl (C=O) groups excluding carboxylic acids is 1. The van der Waals surface area contributed by atoms with Crippen LogP contribution in [0.4, 0.5) is 0 Å². The van der Waals surface area contributed by atoms with E-state index in [1.165, 1.54) is 7.11 Å². The van der Waals surface area contributed by atoms with Gasteiger partial charge in [-0.25, -0.2) is 0 Å². The van der Waals surface area contributed by atoms with Gasteiger partial charge >= 0.3 is 0 Å². The summed E-state index contributed by atoms with van der Waals surface area (Å²) in [7, 11) is 6.26. The first-order valence-electron chi connectivity index (χ1n) is 8.79. The average molecular weight is 376 g/mol. The summed E-state index contributed by atoms with van der Waals surface area (Å²) in [6, 6.07) is 13.6. The van der Waals surface area contributed by atoms with Crippen LogP contribution in [-0.2, 0) is 4.74 Å². The van der Waals surface area contributed by atoms with Crippen molar-refractivity contribution < 1.29 is 23.7 Å². The van der Waals surface area contributed by atoms with Crippen LogP contribution in [0.5, 0.6) is 17.2 Å². The van der Waals surface area contributed by atoms with Gasteiger partial charge in [0.1, 0.15) is 0 Å². The van der Waals surface area contributed by atoms with E-state index >= 15 is 0 Å². The fraction of sp³-hybridized carbons (Fsp3) is 0.174. The van der Waals surface area contributed by atoms with Gasteiger partial charge in [0.2, 0.25) is 11.5 Å². The number of ketones is 1. The molecule has 5 nitrogen and oxygen atoms in total. The smallest absolute Gasteiger partial charge is 0.228 e. The molecule has 0 N–H and O–H groups in total. The van der Waals surface area contributed by atoms with Gasteiger partial charge in [0.15, 0.2) is 17.3 Å². The lowest BCUT2D eigenvalue weighted by Crippen LogP contribution is -2.11. The van der Waals surface area contributed by atoms with Gasteiger partial charge in [-0.2, -0.15) is 0 Å². The van der Waals surface area contributed by atoms with Gasteiger partial charge < -0.3 is 18.9 Å². The molecule has 0 bridgehead atoms. The molecule has 3 aromatic rings. The molecule has 0 saturated carbocycles. The second-order valence-electron chi connectivity index (χ2n) is 6.39. The second kappa shape index (κ2) is 6.93. The number of methoxy groups -OCH3 is 4. The summed E-state index contributed by atoms with van der Waals surface area (Å²) >= 11 is 0. The van der Waals surface area contributed by atoms with Gasteiger partial charge in [-0.05, 0) is 40.3 Å². The standard InChI is InChI=1S/C23H20O5/c1-25-18-12-17-15(9-8-13-6-5-7-16(21(13)17)22(18)24)14-10-19(26-2)23(28-4)20(11-14)27-3/h5-12H,1-4H3. The molecule has 0 spiro atoms. The number of allylic oxidation sites excluding steroid dienone is 1. The van der Waals surface area contributed by atoms with E-state index in [1.54, 1.807) is 27.4 Å². The fourth-order valence-corrected chi connectivity index (χ4v) is 3.72. The van der Waals surface area contributed by atoms with Crippen LogP contribution in [0.3, 0.4) is 0 Å². The molecule has 0 unspecified atom stereocenters. The molecule has 0 saturated heterocycles. The zero-order valence-electron chi connectivity index (χ0n) is 16.2. The third-order valence-electron chi connectivity index (χ3n) is 5.03. The third-order valence-corrected chi connectivity index (χ3v) is 5.03. The van der Waals surface area contributed by atoms with E-state index in [4.69, 9.17) is 18.9 Å². The topological polar surface area (TPSA) is 54.0 Å². The van der Waals surface area contributed by atoms with Crippen molar-refractivity contribution in [3.63, 3.8) is 0 Å². The summed E-state index contributed by atoms with van der Waals surface area (Å²) < 4.78 is 21.8. The Hall–Kier alpha value is -3.47. The molecule has 0 aromatic heterocycles. The Labute approximate surface area is 163 Å². The molecular weight excluding hydrogens is 356 g/mol. The van der Waals surface area contributed by atoms with Crippen LogP contribution < -0.4 is 14.2 Å². The average Bonchev–Trinajstić information content (AvgIpc) is 2.74. The van der Waals surface area contributed by atoms with Crippen LogP contribution in [0.25, 0.3) is 28.0 Å². The van der Waals surface area contributed by atoms with Crippen LogP contribution >= 0.6 is 0 Å². The summed E-state index contributed by atoms with van der Waals surface area (Å²) in [5.74, 6) is 1.88. The lowest BCUT2D eigenvalue weighted by atomic mass is 9.86. The van der Waals surface area contributed by atoms with Crippen LogP contribution in [-0.4, -0.2) is 34.2 Å². The van der Waals surface area contributed by atoms with Crippen LogP contribution in [0.2, 0.25) is 0 Å². The lowest BCUT2D eigenvalue weighted by Gasteiger charge is -2.20. The van der Waals surface area contributed by atoms with E-state index in [0.29, 0.717) is 28.6 Å². The Kier molecular flexibility index (Phi) is 4.43. The molecule has 0 fully saturated rings. The molecule has 5 heteroatoms. The number of hydrogen-bond donors (Lipinski definition) is 0. The van der Waals surface area contributed by atoms with Crippen LogP contribution in [0, 0.1) is 0 Å². The van der Waals surface area contributed by atoms with Crippen LogP contribution in [0.1, 0.15) is 15.9 Å². The number of hydrogen-bond acceptors (Lipinski definition) is 5. The molecule has 4 rings (SSSR count). The van der Waals surface area contributed by atoms with E-state index < -0.39 is 0 Å². The Morgan fingerprint density at radius 1 is 0.750 bits per heavy atom. The van der Waals surface area contributed by atoms with Crippen molar-refractivity contribution in [1.29, 1.82) is 0 Å². The summed E-state index contributed by atoms with van der Waals surface area (Å²) in [6.07, 6.45) is 1.80. The summed E-state index contributed by atoms with van der Waals surface area (Å²) in [5, 5.41) is 1.92. The van der Waals surface area contributed by atoms with Crippen molar-refractivity contribution in [2.24, 2.45) is 0 Å². The second-order valence-corrected chi connectivity index (χ2v) is 6.39. The van der Waals surface area contributed by atoms with Crippen molar-refractivity contribution in [1.82, 2.24) is 0 Å². The molecule has 1 aliphatic rings. The zero-order chi connectivity index (χ0) is 19.8. The Morgan fingerprint density at radius 3 is 2.07 bits per heavy atom. The highest BCUT2D eigenvalue weighted by molar-refractivity contribution is 6.23. The van der Waals surface area contributed by atoms with Gasteiger partial charge in [-0.15, -0.1) is 0 Å². The van der Waals surface area contributed by atoms with Gasteiger partial charge in [0.05, 0.1) is 28.4 Å². The molecule has 0 amide bonds. The van der Waals surface area contributed by atoms with Crippen molar-refractivity contribution >= 4 is 22.6 Å². The summed E-state index contributed by atoms with van der Waals surface area (Å²) in [6.45, 7) is 0. The number of ether oxygens (including phenoxy) is 4. The van der Waals surface area contributed by atoms with E-state index in [1.807, 2.05) is 42.5 Å². The molecule has 0 heterocycles. The van der Waals surface area contributed by atoms with E-state index in [2.05, 4.69) is 0 Å². The van der Waals surface area contributed by atoms with E-state index in [9.17, 15) is 4.79 Å². The SMILES string of the molecule is COC1=Cc2c(-c3cc(OC)c(OC)c(OC)c3)ccc3cccc(c23)C1=O. The van der Waals surface area contributed by atoms with Crippen LogP contribution in [0.15, 0.2) is 48.2 Å². The predicted octanol–water partition coefficient (Wildman–Crippen LogP) is 4.72. The summed E-state index contributed by atoms with van der Waals surface area (Å²) in [5.41, 5.74) is 3.41. The fourth-order valence-electron chi connectivity index (χ4n) is 3.72. The normalized spacial score (nSPS) is 12.6. The first-order valence-corrected chi connectivity index (χ1v) is 8.79. The highest BCUT2D eigenvalue weighted by Gasteiger charge is 2.25. The number of Topliss-reactive ketones (excluding diaryl/α,β-unsaturated/α-hetero) is 1. The molecule has 0 radical (unpaired) electrons. The van der Waals surface area contributed by atoms with Gasteiger partial charge in [-0.3, -0.25) is 4.79 Å². The lowest BCUT2D eigenvalue weighted by molar-refractivity contribution is 0.0957. The number of benzene rings is 3. The highest BCUT2D eigenvalue weighted by Crippen LogP contribution is 2.44. The molecule has 0 atom stereocenters.